The number of pyridine rings is 1. The summed E-state index contributed by atoms with van der Waals surface area (Å²) in [4.78, 5) is 34.4. The van der Waals surface area contributed by atoms with Crippen molar-refractivity contribution in [3.63, 3.8) is 0 Å². The third-order valence-electron chi connectivity index (χ3n) is 4.75. The number of nitrogens with zero attached hydrogens (tertiary/aromatic N) is 4. The van der Waals surface area contributed by atoms with Gasteiger partial charge in [-0.25, -0.2) is 10.4 Å². The predicted octanol–water partition coefficient (Wildman–Crippen LogP) is 3.93. The van der Waals surface area contributed by atoms with Gasteiger partial charge < -0.3 is 0 Å². The van der Waals surface area contributed by atoms with Crippen LogP contribution in [0, 0.1) is 0 Å². The van der Waals surface area contributed by atoms with Gasteiger partial charge in [0.15, 0.2) is 5.16 Å². The molecule has 0 aliphatic carbocycles. The first-order valence-corrected chi connectivity index (χ1v) is 11.6. The molecule has 166 valence electrons. The number of rotatable bonds is 8. The minimum absolute atomic E-state index is 0.0618. The minimum atomic E-state index is -0.302. The number of nitrogens with one attached hydrogen (secondary N) is 1. The largest absolute Gasteiger partial charge is 0.287 e. The van der Waals surface area contributed by atoms with E-state index in [0.717, 1.165) is 11.3 Å². The van der Waals surface area contributed by atoms with Crippen LogP contribution in [0.15, 0.2) is 88.0 Å². The number of aromatic nitrogens is 3. The van der Waals surface area contributed by atoms with Crippen molar-refractivity contribution >= 4 is 46.4 Å². The van der Waals surface area contributed by atoms with Gasteiger partial charge in [-0.05, 0) is 42.0 Å². The molecule has 0 saturated carbocycles. The molecule has 1 amide bonds. The first kappa shape index (κ1) is 22.7. The molecule has 0 spiro atoms. The number of halogens is 1. The second-order valence-electron chi connectivity index (χ2n) is 7.07. The molecule has 0 unspecified atom stereocenters. The molecule has 2 heterocycles. The van der Waals surface area contributed by atoms with Crippen molar-refractivity contribution < 1.29 is 4.79 Å². The normalized spacial score (nSPS) is 11.2. The summed E-state index contributed by atoms with van der Waals surface area (Å²) in [6.07, 6.45) is 3.84. The molecule has 2 aromatic heterocycles. The quantitative estimate of drug-likeness (QED) is 0.180. The summed E-state index contributed by atoms with van der Waals surface area (Å²) in [5.74, 6) is -0.240. The van der Waals surface area contributed by atoms with Crippen LogP contribution >= 0.6 is 23.4 Å². The van der Waals surface area contributed by atoms with Crippen molar-refractivity contribution in [3.05, 3.63) is 99.6 Å². The molecule has 9 heteroatoms. The van der Waals surface area contributed by atoms with E-state index in [0.29, 0.717) is 34.0 Å². The van der Waals surface area contributed by atoms with Crippen LogP contribution in [-0.2, 0) is 17.8 Å². The average molecular weight is 478 g/mol. The van der Waals surface area contributed by atoms with E-state index in [9.17, 15) is 9.59 Å². The third-order valence-corrected chi connectivity index (χ3v) is 5.98. The summed E-state index contributed by atoms with van der Waals surface area (Å²) >= 11 is 7.06. The van der Waals surface area contributed by atoms with Crippen molar-refractivity contribution in [2.75, 3.05) is 5.75 Å². The fourth-order valence-electron chi connectivity index (χ4n) is 3.12. The fourth-order valence-corrected chi connectivity index (χ4v) is 4.06. The lowest BCUT2D eigenvalue weighted by Crippen LogP contribution is -2.26. The third kappa shape index (κ3) is 6.06. The van der Waals surface area contributed by atoms with Crippen molar-refractivity contribution in [3.8, 4) is 0 Å². The summed E-state index contributed by atoms with van der Waals surface area (Å²) in [6.45, 7) is 0.409. The standard InChI is InChI=1S/C24H20ClN5O2S/c25-18-10-8-17(9-11-18)15-27-29-22(31)16-33-24-28-21-7-2-1-6-20(21)23(32)30(24)14-12-19-5-3-4-13-26-19/h1-11,13,15H,12,14,16H2,(H,29,31)/b27-15+. The number of benzene rings is 2. The first-order valence-electron chi connectivity index (χ1n) is 10.2. The lowest BCUT2D eigenvalue weighted by molar-refractivity contribution is -0.118. The first-order chi connectivity index (χ1) is 16.1. The maximum atomic E-state index is 13.1. The zero-order valence-electron chi connectivity index (χ0n) is 17.5. The lowest BCUT2D eigenvalue weighted by Gasteiger charge is -2.12. The van der Waals surface area contributed by atoms with Crippen LogP contribution in [0.25, 0.3) is 10.9 Å². The number of hydrogen-bond donors (Lipinski definition) is 1. The van der Waals surface area contributed by atoms with E-state index in [-0.39, 0.29) is 17.2 Å². The molecule has 7 nitrogen and oxygen atoms in total. The molecule has 33 heavy (non-hydrogen) atoms. The highest BCUT2D eigenvalue weighted by Crippen LogP contribution is 2.18. The summed E-state index contributed by atoms with van der Waals surface area (Å²) in [5, 5.41) is 5.62. The van der Waals surface area contributed by atoms with Gasteiger partial charge in [0.2, 0.25) is 0 Å². The van der Waals surface area contributed by atoms with E-state index in [1.807, 2.05) is 30.3 Å². The summed E-state index contributed by atoms with van der Waals surface area (Å²) < 4.78 is 1.60. The van der Waals surface area contributed by atoms with Gasteiger partial charge in [-0.3, -0.25) is 19.1 Å². The van der Waals surface area contributed by atoms with E-state index < -0.39 is 0 Å². The van der Waals surface area contributed by atoms with Crippen LogP contribution in [-0.4, -0.2) is 32.4 Å². The van der Waals surface area contributed by atoms with Gasteiger partial charge in [0.25, 0.3) is 11.5 Å². The van der Waals surface area contributed by atoms with Gasteiger partial charge in [-0.1, -0.05) is 53.7 Å². The van der Waals surface area contributed by atoms with Crippen molar-refractivity contribution in [1.29, 1.82) is 0 Å². The molecule has 0 aliphatic rings. The second kappa shape index (κ2) is 10.9. The van der Waals surface area contributed by atoms with Gasteiger partial charge in [-0.15, -0.1) is 0 Å². The molecule has 2 aromatic carbocycles. The number of amides is 1. The van der Waals surface area contributed by atoms with Crippen LogP contribution in [0.2, 0.25) is 5.02 Å². The molecule has 0 saturated heterocycles. The van der Waals surface area contributed by atoms with E-state index in [2.05, 4.69) is 20.5 Å². The zero-order chi connectivity index (χ0) is 23.0. The smallest absolute Gasteiger partial charge is 0.262 e. The Morgan fingerprint density at radius 2 is 1.88 bits per heavy atom. The molecule has 0 fully saturated rings. The number of carbonyl (C=O) groups is 1. The molecule has 1 N–H and O–H groups in total. The molecular formula is C24H20ClN5O2S. The SMILES string of the molecule is O=C(CSc1nc2ccccc2c(=O)n1CCc1ccccn1)N/N=C/c1ccc(Cl)cc1. The Morgan fingerprint density at radius 1 is 1.09 bits per heavy atom. The Hall–Kier alpha value is -3.49. The predicted molar refractivity (Wildman–Crippen MR) is 132 cm³/mol. The second-order valence-corrected chi connectivity index (χ2v) is 8.45. The molecule has 0 bridgehead atoms. The van der Waals surface area contributed by atoms with Gasteiger partial charge in [0.1, 0.15) is 0 Å². The Kier molecular flexibility index (Phi) is 7.49. The molecule has 4 rings (SSSR count). The Labute approximate surface area is 199 Å². The molecule has 4 aromatic rings. The zero-order valence-corrected chi connectivity index (χ0v) is 19.1. The van der Waals surface area contributed by atoms with E-state index in [4.69, 9.17) is 11.6 Å². The highest BCUT2D eigenvalue weighted by Gasteiger charge is 2.13. The number of hydrazone groups is 1. The Balaban J connectivity index is 1.47. The molecule has 0 aliphatic heterocycles. The minimum Gasteiger partial charge on any atom is -0.287 e. The Morgan fingerprint density at radius 3 is 2.67 bits per heavy atom. The summed E-state index contributed by atoms with van der Waals surface area (Å²) in [5.41, 5.74) is 4.64. The van der Waals surface area contributed by atoms with Crippen LogP contribution in [0.1, 0.15) is 11.3 Å². The van der Waals surface area contributed by atoms with Crippen molar-refractivity contribution in [1.82, 2.24) is 20.0 Å². The van der Waals surface area contributed by atoms with Gasteiger partial charge in [-0.2, -0.15) is 5.10 Å². The Bertz CT molecular complexity index is 1340. The van der Waals surface area contributed by atoms with Crippen molar-refractivity contribution in [2.24, 2.45) is 5.10 Å². The number of thioether (sulfide) groups is 1. The number of para-hydroxylation sites is 1. The van der Waals surface area contributed by atoms with Gasteiger partial charge >= 0.3 is 0 Å². The fraction of sp³-hybridized carbons (Fsp3) is 0.125. The summed E-state index contributed by atoms with van der Waals surface area (Å²) in [7, 11) is 0. The van der Waals surface area contributed by atoms with Gasteiger partial charge in [0, 0.05) is 29.9 Å². The van der Waals surface area contributed by atoms with E-state index >= 15 is 0 Å². The van der Waals surface area contributed by atoms with E-state index in [1.54, 1.807) is 47.2 Å². The lowest BCUT2D eigenvalue weighted by atomic mass is 10.2. The topological polar surface area (TPSA) is 89.2 Å². The van der Waals surface area contributed by atoms with E-state index in [1.165, 1.54) is 18.0 Å². The monoisotopic (exact) mass is 477 g/mol. The molecule has 0 radical (unpaired) electrons. The van der Waals surface area contributed by atoms with Crippen LogP contribution in [0.3, 0.4) is 0 Å². The number of aryl methyl sites for hydroxylation is 1. The maximum Gasteiger partial charge on any atom is 0.262 e. The highest BCUT2D eigenvalue weighted by atomic mass is 35.5. The van der Waals surface area contributed by atoms with Crippen LogP contribution in [0.5, 0.6) is 0 Å². The van der Waals surface area contributed by atoms with Crippen LogP contribution in [0.4, 0.5) is 0 Å². The molecular weight excluding hydrogens is 458 g/mol. The van der Waals surface area contributed by atoms with Crippen LogP contribution < -0.4 is 11.0 Å². The number of hydrogen-bond acceptors (Lipinski definition) is 6. The van der Waals surface area contributed by atoms with Gasteiger partial charge in [0.05, 0.1) is 22.9 Å². The summed E-state index contributed by atoms with van der Waals surface area (Å²) in [6, 6.07) is 20.0. The number of carbonyl (C=O) groups excluding carboxylic acids is 1. The number of fused-ring (bicyclic) bond motifs is 1. The average Bonchev–Trinajstić information content (AvgIpc) is 2.84. The highest BCUT2D eigenvalue weighted by molar-refractivity contribution is 7.99. The maximum absolute atomic E-state index is 13.1. The molecule has 0 atom stereocenters. The van der Waals surface area contributed by atoms with Crippen molar-refractivity contribution in [2.45, 2.75) is 18.1 Å².